The predicted molar refractivity (Wildman–Crippen MR) is 265 cm³/mol. The molecule has 0 radical (unpaired) electrons. The summed E-state index contributed by atoms with van der Waals surface area (Å²) >= 11 is 1.04. The second-order valence-electron chi connectivity index (χ2n) is 16.3. The number of nitrogens with zero attached hydrogens (tertiary/aromatic N) is 4. The van der Waals surface area contributed by atoms with Crippen molar-refractivity contribution >= 4 is 69.1 Å². The third kappa shape index (κ3) is 23.6. The van der Waals surface area contributed by atoms with Gasteiger partial charge in [0.05, 0.1) is 19.5 Å². The number of carbonyl (C=O) groups is 3. The number of phosphoric ester groups is 3. The Morgan fingerprint density at radius 2 is 1.48 bits per heavy atom. The van der Waals surface area contributed by atoms with Crippen molar-refractivity contribution in [3.63, 3.8) is 0 Å². The van der Waals surface area contributed by atoms with Crippen molar-refractivity contribution in [3.05, 3.63) is 85.6 Å². The number of aromatic nitrogens is 4. The first-order valence-electron chi connectivity index (χ1n) is 22.5. The van der Waals surface area contributed by atoms with Gasteiger partial charge in [-0.1, -0.05) is 99.4 Å². The van der Waals surface area contributed by atoms with Gasteiger partial charge >= 0.3 is 23.5 Å². The molecule has 3 heterocycles. The SMILES string of the molecule is CC/C=C\C/C=C\C/C=C\C/C=C\C/C=C\CCC/C=C/C(=O)SCCNC(=O)CCNC(=O)[C@H](O)C(C)(C)COP(=O)(O)OP(=O)(O)OC[C@@H]1O[C@H](n2cnc3c(N)ncnc32)[C@H](O)[C@@H]1OP(=O)(O)O. The van der Waals surface area contributed by atoms with Gasteiger partial charge < -0.3 is 50.9 Å². The Balaban J connectivity index is 1.30. The number of nitrogens with two attached hydrogens (primary N) is 1. The summed E-state index contributed by atoms with van der Waals surface area (Å²) in [6.45, 7) is 2.58. The number of allylic oxidation sites excluding steroid dienone is 11. The topological polar surface area (TPSA) is 364 Å². The number of carbonyl (C=O) groups excluding carboxylic acids is 3. The number of hydrogen-bond acceptors (Lipinski definition) is 18. The number of aliphatic hydroxyl groups is 2. The molecular formula is C43H66N7O17P3S. The van der Waals surface area contributed by atoms with Crippen LogP contribution in [0.2, 0.25) is 0 Å². The number of phosphoric acid groups is 3. The number of amides is 2. The number of unbranched alkanes of at least 4 members (excludes halogenated alkanes) is 2. The molecule has 28 heteroatoms. The first-order chi connectivity index (χ1) is 33.6. The molecule has 2 aromatic rings. The van der Waals surface area contributed by atoms with Crippen LogP contribution in [-0.2, 0) is 50.7 Å². The molecule has 2 unspecified atom stereocenters. The second-order valence-corrected chi connectivity index (χ2v) is 21.6. The van der Waals surface area contributed by atoms with Crippen molar-refractivity contribution in [1.82, 2.24) is 30.2 Å². The van der Waals surface area contributed by atoms with Crippen molar-refractivity contribution in [1.29, 1.82) is 0 Å². The number of hydrogen-bond donors (Lipinski definition) is 9. The maximum absolute atomic E-state index is 12.7. The summed E-state index contributed by atoms with van der Waals surface area (Å²) in [7, 11) is -16.4. The maximum Gasteiger partial charge on any atom is 0.481 e. The van der Waals surface area contributed by atoms with Gasteiger partial charge in [-0.3, -0.25) is 32.5 Å². The van der Waals surface area contributed by atoms with Crippen molar-refractivity contribution in [2.45, 2.75) is 109 Å². The Morgan fingerprint density at radius 1 is 0.873 bits per heavy atom. The van der Waals surface area contributed by atoms with Crippen LogP contribution in [0.4, 0.5) is 5.82 Å². The van der Waals surface area contributed by atoms with E-state index in [4.69, 9.17) is 19.5 Å². The van der Waals surface area contributed by atoms with Gasteiger partial charge in [-0.05, 0) is 57.4 Å². The van der Waals surface area contributed by atoms with Gasteiger partial charge in [0, 0.05) is 30.7 Å². The number of rotatable bonds is 33. The Morgan fingerprint density at radius 3 is 2.11 bits per heavy atom. The molecule has 396 valence electrons. The van der Waals surface area contributed by atoms with Crippen LogP contribution >= 0.6 is 35.2 Å². The Hall–Kier alpha value is -4.00. The molecule has 1 saturated heterocycles. The number of thioether (sulfide) groups is 1. The lowest BCUT2D eigenvalue weighted by molar-refractivity contribution is -0.137. The number of aliphatic hydroxyl groups excluding tert-OH is 2. The van der Waals surface area contributed by atoms with E-state index in [0.29, 0.717) is 5.75 Å². The molecule has 10 N–H and O–H groups in total. The van der Waals surface area contributed by atoms with Crippen LogP contribution in [0.5, 0.6) is 0 Å². The monoisotopic (exact) mass is 1080 g/mol. The van der Waals surface area contributed by atoms with Crippen LogP contribution in [0.25, 0.3) is 11.2 Å². The summed E-state index contributed by atoms with van der Waals surface area (Å²) in [5.74, 6) is -1.15. The summed E-state index contributed by atoms with van der Waals surface area (Å²) in [5.41, 5.74) is 4.27. The molecule has 3 rings (SSSR count). The Kier molecular flexibility index (Phi) is 26.7. The third-order valence-corrected chi connectivity index (χ3v) is 13.8. The predicted octanol–water partition coefficient (Wildman–Crippen LogP) is 5.14. The maximum atomic E-state index is 12.7. The molecule has 0 bridgehead atoms. The van der Waals surface area contributed by atoms with E-state index < -0.39 is 84.6 Å². The lowest BCUT2D eigenvalue weighted by Crippen LogP contribution is -2.46. The van der Waals surface area contributed by atoms with Crippen LogP contribution in [0.1, 0.15) is 84.8 Å². The minimum atomic E-state index is -5.58. The molecule has 24 nitrogen and oxygen atoms in total. The summed E-state index contributed by atoms with van der Waals surface area (Å²) in [6, 6.07) is 0. The quantitative estimate of drug-likeness (QED) is 0.0193. The zero-order chi connectivity index (χ0) is 52.5. The standard InChI is InChI=1S/C43H66N7O17P3S/c1-4-5-6-7-8-9-10-11-12-13-14-15-16-17-18-19-20-21-22-23-34(52)71-27-26-45-33(51)24-25-46-41(55)38(54)43(2,3)29-64-70(61,62)67-69(59,60)63-28-32-37(66-68(56,57)58)36(53)42(65-32)50-31-49-35-39(44)47-30-48-40(35)50/h5-6,8-9,11-12,14-15,17-18,22-23,30-32,36-38,42,53-54H,4,7,10,13,16,19-21,24-29H2,1-3H3,(H,45,51)(H,46,55)(H,59,60)(H,61,62)(H2,44,47,48)(H2,56,57,58)/b6-5-,9-8-,12-11-,15-14-,18-17-,23-22+/t32-,36+,37+,38-,42-/m0/s1. The van der Waals surface area contributed by atoms with E-state index in [1.54, 1.807) is 0 Å². The minimum Gasteiger partial charge on any atom is -0.386 e. The fourth-order valence-corrected chi connectivity index (χ4v) is 9.66. The normalized spacial score (nSPS) is 20.3. The van der Waals surface area contributed by atoms with Crippen molar-refractivity contribution < 1.29 is 80.5 Å². The van der Waals surface area contributed by atoms with Gasteiger partial charge in [0.15, 0.2) is 17.7 Å². The number of ether oxygens (including phenoxy) is 1. The van der Waals surface area contributed by atoms with Crippen LogP contribution in [0.15, 0.2) is 85.6 Å². The highest BCUT2D eigenvalue weighted by Crippen LogP contribution is 2.61. The van der Waals surface area contributed by atoms with E-state index in [-0.39, 0.29) is 41.6 Å². The zero-order valence-corrected chi connectivity index (χ0v) is 43.2. The van der Waals surface area contributed by atoms with Gasteiger partial charge in [0.1, 0.15) is 36.3 Å². The summed E-state index contributed by atoms with van der Waals surface area (Å²) in [6.07, 6.45) is 25.2. The van der Waals surface area contributed by atoms with E-state index in [1.165, 1.54) is 19.9 Å². The summed E-state index contributed by atoms with van der Waals surface area (Å²) in [5, 5.41) is 26.4. The molecule has 0 aliphatic carbocycles. The van der Waals surface area contributed by atoms with Gasteiger partial charge in [-0.25, -0.2) is 28.6 Å². The molecule has 2 aromatic heterocycles. The van der Waals surface area contributed by atoms with Crippen molar-refractivity contribution in [3.8, 4) is 0 Å². The molecule has 0 spiro atoms. The second kappa shape index (κ2) is 30.9. The molecule has 0 aromatic carbocycles. The first-order valence-corrected chi connectivity index (χ1v) is 28.0. The van der Waals surface area contributed by atoms with E-state index in [9.17, 15) is 57.9 Å². The highest BCUT2D eigenvalue weighted by molar-refractivity contribution is 8.14. The number of nitrogen functional groups attached to an aromatic ring is 1. The Bertz CT molecular complexity index is 2360. The van der Waals surface area contributed by atoms with Crippen LogP contribution < -0.4 is 16.4 Å². The highest BCUT2D eigenvalue weighted by Gasteiger charge is 2.50. The van der Waals surface area contributed by atoms with Crippen LogP contribution in [0, 0.1) is 5.41 Å². The zero-order valence-electron chi connectivity index (χ0n) is 39.7. The van der Waals surface area contributed by atoms with Crippen LogP contribution in [0.3, 0.4) is 0 Å². The molecule has 0 saturated carbocycles. The average molecular weight is 1080 g/mol. The molecule has 1 aliphatic heterocycles. The van der Waals surface area contributed by atoms with Crippen molar-refractivity contribution in [2.75, 3.05) is 37.8 Å². The number of fused-ring (bicyclic) bond motifs is 1. The average Bonchev–Trinajstić information content (AvgIpc) is 3.86. The summed E-state index contributed by atoms with van der Waals surface area (Å²) < 4.78 is 62.4. The molecule has 71 heavy (non-hydrogen) atoms. The van der Waals surface area contributed by atoms with Gasteiger partial charge in [-0.15, -0.1) is 0 Å². The van der Waals surface area contributed by atoms with E-state index in [1.807, 2.05) is 6.08 Å². The van der Waals surface area contributed by atoms with E-state index >= 15 is 0 Å². The van der Waals surface area contributed by atoms with Crippen molar-refractivity contribution in [2.24, 2.45) is 5.41 Å². The molecular weight excluding hydrogens is 1010 g/mol. The third-order valence-electron chi connectivity index (χ3n) is 9.90. The Labute approximate surface area is 416 Å². The lowest BCUT2D eigenvalue weighted by Gasteiger charge is -2.30. The number of imidazole rings is 1. The minimum absolute atomic E-state index is 0.0290. The fourth-order valence-electron chi connectivity index (χ4n) is 6.23. The summed E-state index contributed by atoms with van der Waals surface area (Å²) in [4.78, 5) is 88.3. The lowest BCUT2D eigenvalue weighted by atomic mass is 9.87. The molecule has 1 fully saturated rings. The van der Waals surface area contributed by atoms with Gasteiger partial charge in [0.2, 0.25) is 16.9 Å². The van der Waals surface area contributed by atoms with E-state index in [2.05, 4.69) is 102 Å². The largest absolute Gasteiger partial charge is 0.481 e. The first kappa shape index (κ1) is 61.3. The smallest absolute Gasteiger partial charge is 0.386 e. The number of anilines is 1. The molecule has 1 aliphatic rings. The highest BCUT2D eigenvalue weighted by atomic mass is 32.2. The van der Waals surface area contributed by atoms with Crippen LogP contribution in [-0.4, -0.2) is 123 Å². The fraction of sp³-hybridized carbons (Fsp3) is 0.535. The molecule has 7 atom stereocenters. The van der Waals surface area contributed by atoms with Gasteiger partial charge in [0.25, 0.3) is 0 Å². The molecule has 2 amide bonds. The number of nitrogens with one attached hydrogen (secondary N) is 2. The van der Waals surface area contributed by atoms with Gasteiger partial charge in [-0.2, -0.15) is 4.31 Å². The van der Waals surface area contributed by atoms with E-state index in [0.717, 1.165) is 80.4 Å².